The summed E-state index contributed by atoms with van der Waals surface area (Å²) in [6.45, 7) is 4.57. The van der Waals surface area contributed by atoms with Gasteiger partial charge in [0.25, 0.3) is 0 Å². The molecule has 0 unspecified atom stereocenters. The summed E-state index contributed by atoms with van der Waals surface area (Å²) in [7, 11) is 0. The SMILES string of the molecule is CC(C)NC[C@@H](O)COc1cc(=O)oc2ccccc12. The molecule has 2 aromatic rings. The average molecular weight is 277 g/mol. The minimum atomic E-state index is -0.636. The molecule has 1 aromatic carbocycles. The van der Waals surface area contributed by atoms with Crippen LogP contribution in [0.3, 0.4) is 0 Å². The fourth-order valence-corrected chi connectivity index (χ4v) is 1.82. The molecule has 2 N–H and O–H groups in total. The highest BCUT2D eigenvalue weighted by atomic mass is 16.5. The monoisotopic (exact) mass is 277 g/mol. The molecule has 5 nitrogen and oxygen atoms in total. The van der Waals surface area contributed by atoms with Crippen molar-refractivity contribution in [2.75, 3.05) is 13.2 Å². The zero-order valence-electron chi connectivity index (χ0n) is 11.6. The highest BCUT2D eigenvalue weighted by Crippen LogP contribution is 2.23. The van der Waals surface area contributed by atoms with Gasteiger partial charge in [-0.1, -0.05) is 26.0 Å². The fraction of sp³-hybridized carbons (Fsp3) is 0.400. The van der Waals surface area contributed by atoms with Gasteiger partial charge in [0.15, 0.2) is 0 Å². The third kappa shape index (κ3) is 3.82. The second kappa shape index (κ2) is 6.54. The molecule has 1 heterocycles. The number of ether oxygens (including phenoxy) is 1. The molecule has 20 heavy (non-hydrogen) atoms. The molecule has 0 spiro atoms. The summed E-state index contributed by atoms with van der Waals surface area (Å²) in [4.78, 5) is 11.4. The van der Waals surface area contributed by atoms with E-state index in [2.05, 4.69) is 5.32 Å². The number of aliphatic hydroxyl groups excluding tert-OH is 1. The zero-order chi connectivity index (χ0) is 14.5. The minimum absolute atomic E-state index is 0.118. The zero-order valence-corrected chi connectivity index (χ0v) is 11.6. The van der Waals surface area contributed by atoms with Crippen molar-refractivity contribution in [1.29, 1.82) is 0 Å². The van der Waals surface area contributed by atoms with Crippen molar-refractivity contribution in [2.24, 2.45) is 0 Å². The van der Waals surface area contributed by atoms with Crippen molar-refractivity contribution in [3.05, 3.63) is 40.8 Å². The molecule has 0 aliphatic carbocycles. The molecule has 0 aliphatic rings. The molecule has 0 saturated heterocycles. The number of aliphatic hydroxyl groups is 1. The molecular formula is C15H19NO4. The van der Waals surface area contributed by atoms with Crippen LogP contribution in [0.4, 0.5) is 0 Å². The lowest BCUT2D eigenvalue weighted by molar-refractivity contribution is 0.105. The van der Waals surface area contributed by atoms with Crippen molar-refractivity contribution >= 4 is 11.0 Å². The van der Waals surface area contributed by atoms with E-state index in [1.54, 1.807) is 12.1 Å². The van der Waals surface area contributed by atoms with Crippen LogP contribution in [0, 0.1) is 0 Å². The van der Waals surface area contributed by atoms with Crippen LogP contribution >= 0.6 is 0 Å². The smallest absolute Gasteiger partial charge is 0.339 e. The first-order valence-corrected chi connectivity index (χ1v) is 6.63. The number of benzene rings is 1. The molecule has 0 radical (unpaired) electrons. The van der Waals surface area contributed by atoms with E-state index in [0.717, 1.165) is 5.39 Å². The Kier molecular flexibility index (Phi) is 4.76. The Morgan fingerprint density at radius 2 is 2.10 bits per heavy atom. The minimum Gasteiger partial charge on any atom is -0.490 e. The summed E-state index contributed by atoms with van der Waals surface area (Å²) in [6, 6.07) is 8.74. The van der Waals surface area contributed by atoms with Gasteiger partial charge in [0, 0.05) is 12.6 Å². The maximum Gasteiger partial charge on any atom is 0.339 e. The van der Waals surface area contributed by atoms with Crippen LogP contribution in [0.2, 0.25) is 0 Å². The predicted molar refractivity (Wildman–Crippen MR) is 77.1 cm³/mol. The molecule has 0 aliphatic heterocycles. The van der Waals surface area contributed by atoms with Gasteiger partial charge >= 0.3 is 5.63 Å². The number of fused-ring (bicyclic) bond motifs is 1. The van der Waals surface area contributed by atoms with Gasteiger partial charge in [-0.2, -0.15) is 0 Å². The van der Waals surface area contributed by atoms with E-state index in [-0.39, 0.29) is 6.61 Å². The Hall–Kier alpha value is -1.85. The van der Waals surface area contributed by atoms with Gasteiger partial charge < -0.3 is 19.6 Å². The largest absolute Gasteiger partial charge is 0.490 e. The van der Waals surface area contributed by atoms with Gasteiger partial charge in [0.1, 0.15) is 24.0 Å². The molecule has 108 valence electrons. The second-order valence-electron chi connectivity index (χ2n) is 4.95. The first-order valence-electron chi connectivity index (χ1n) is 6.63. The molecule has 1 aromatic heterocycles. The Labute approximate surface area is 117 Å². The fourth-order valence-electron chi connectivity index (χ4n) is 1.82. The summed E-state index contributed by atoms with van der Waals surface area (Å²) in [5.41, 5.74) is 0.0123. The van der Waals surface area contributed by atoms with Gasteiger partial charge in [-0.05, 0) is 12.1 Å². The molecule has 0 fully saturated rings. The number of rotatable bonds is 6. The Balaban J connectivity index is 2.08. The molecule has 2 rings (SSSR count). The van der Waals surface area contributed by atoms with Gasteiger partial charge in [-0.3, -0.25) is 0 Å². The van der Waals surface area contributed by atoms with Crippen LogP contribution in [0.25, 0.3) is 11.0 Å². The van der Waals surface area contributed by atoms with Gasteiger partial charge in [0.05, 0.1) is 11.5 Å². The lowest BCUT2D eigenvalue weighted by Gasteiger charge is -2.15. The van der Waals surface area contributed by atoms with E-state index in [0.29, 0.717) is 23.9 Å². The van der Waals surface area contributed by atoms with E-state index in [1.807, 2.05) is 26.0 Å². The number of hydrogen-bond acceptors (Lipinski definition) is 5. The van der Waals surface area contributed by atoms with E-state index in [1.165, 1.54) is 6.07 Å². The van der Waals surface area contributed by atoms with Crippen LogP contribution in [0.5, 0.6) is 5.75 Å². The Morgan fingerprint density at radius 3 is 2.85 bits per heavy atom. The summed E-state index contributed by atoms with van der Waals surface area (Å²) in [5.74, 6) is 0.431. The van der Waals surface area contributed by atoms with Crippen molar-refractivity contribution in [1.82, 2.24) is 5.32 Å². The van der Waals surface area contributed by atoms with E-state index in [4.69, 9.17) is 9.15 Å². The molecule has 5 heteroatoms. The number of nitrogens with one attached hydrogen (secondary N) is 1. The maximum atomic E-state index is 11.4. The van der Waals surface area contributed by atoms with Gasteiger partial charge in [0.2, 0.25) is 0 Å². The second-order valence-corrected chi connectivity index (χ2v) is 4.95. The summed E-state index contributed by atoms with van der Waals surface area (Å²) in [5, 5.41) is 13.7. The van der Waals surface area contributed by atoms with Gasteiger partial charge in [-0.25, -0.2) is 4.79 Å². The summed E-state index contributed by atoms with van der Waals surface area (Å²) < 4.78 is 10.6. The molecular weight excluding hydrogens is 258 g/mol. The highest BCUT2D eigenvalue weighted by Gasteiger charge is 2.10. The Morgan fingerprint density at radius 1 is 1.35 bits per heavy atom. The highest BCUT2D eigenvalue weighted by molar-refractivity contribution is 5.82. The van der Waals surface area contributed by atoms with Crippen molar-refractivity contribution in [3.8, 4) is 5.75 Å². The molecule has 0 saturated carbocycles. The Bertz CT molecular complexity index is 621. The van der Waals surface area contributed by atoms with Crippen molar-refractivity contribution < 1.29 is 14.3 Å². The standard InChI is InChI=1S/C15H19NO4/c1-10(2)16-8-11(17)9-19-14-7-15(18)20-13-6-4-3-5-12(13)14/h3-7,10-11,16-17H,8-9H2,1-2H3/t11-/m1/s1. The molecule has 0 bridgehead atoms. The number of hydrogen-bond donors (Lipinski definition) is 2. The third-order valence-corrected chi connectivity index (χ3v) is 2.80. The predicted octanol–water partition coefficient (Wildman–Crippen LogP) is 1.53. The topological polar surface area (TPSA) is 71.7 Å². The third-order valence-electron chi connectivity index (χ3n) is 2.80. The van der Waals surface area contributed by atoms with Crippen LogP contribution in [0.1, 0.15) is 13.8 Å². The van der Waals surface area contributed by atoms with Gasteiger partial charge in [-0.15, -0.1) is 0 Å². The quantitative estimate of drug-likeness (QED) is 0.783. The first-order chi connectivity index (χ1) is 9.56. The lowest BCUT2D eigenvalue weighted by Crippen LogP contribution is -2.35. The van der Waals surface area contributed by atoms with Crippen LogP contribution < -0.4 is 15.7 Å². The first kappa shape index (κ1) is 14.6. The average Bonchev–Trinajstić information content (AvgIpc) is 2.42. The van der Waals surface area contributed by atoms with E-state index in [9.17, 15) is 9.90 Å². The normalized spacial score (nSPS) is 12.8. The van der Waals surface area contributed by atoms with Crippen LogP contribution in [0.15, 0.2) is 39.5 Å². The molecule has 1 atom stereocenters. The van der Waals surface area contributed by atoms with E-state index >= 15 is 0 Å². The van der Waals surface area contributed by atoms with E-state index < -0.39 is 11.7 Å². The van der Waals surface area contributed by atoms with Crippen LogP contribution in [-0.2, 0) is 0 Å². The van der Waals surface area contributed by atoms with Crippen molar-refractivity contribution in [2.45, 2.75) is 26.0 Å². The lowest BCUT2D eigenvalue weighted by atomic mass is 10.2. The molecule has 0 amide bonds. The van der Waals surface area contributed by atoms with Crippen molar-refractivity contribution in [3.63, 3.8) is 0 Å². The summed E-state index contributed by atoms with van der Waals surface area (Å²) in [6.07, 6.45) is -0.636. The summed E-state index contributed by atoms with van der Waals surface area (Å²) >= 11 is 0. The number of para-hydroxylation sites is 1. The van der Waals surface area contributed by atoms with Crippen LogP contribution in [-0.4, -0.2) is 30.4 Å². The maximum absolute atomic E-state index is 11.4.